The lowest BCUT2D eigenvalue weighted by Crippen LogP contribution is -1.94. The second kappa shape index (κ2) is 2.70. The van der Waals surface area contributed by atoms with Gasteiger partial charge in [-0.15, -0.1) is 11.6 Å². The van der Waals surface area contributed by atoms with Crippen molar-refractivity contribution < 1.29 is 14.4 Å². The quantitative estimate of drug-likeness (QED) is 0.660. The number of carboxylic acid groups (broad SMARTS) is 1. The van der Waals surface area contributed by atoms with Crippen LogP contribution in [0.3, 0.4) is 0 Å². The highest BCUT2D eigenvalue weighted by Crippen LogP contribution is 2.05. The molecule has 1 aromatic rings. The van der Waals surface area contributed by atoms with Gasteiger partial charge in [-0.1, -0.05) is 5.16 Å². The maximum Gasteiger partial charge on any atom is 0.358 e. The van der Waals surface area contributed by atoms with Crippen LogP contribution in [0.25, 0.3) is 0 Å². The Morgan fingerprint density at radius 3 is 2.90 bits per heavy atom. The van der Waals surface area contributed by atoms with E-state index in [-0.39, 0.29) is 11.6 Å². The first-order chi connectivity index (χ1) is 4.74. The van der Waals surface area contributed by atoms with Gasteiger partial charge in [0.2, 0.25) is 0 Å². The lowest BCUT2D eigenvalue weighted by molar-refractivity contribution is 0.0685. The van der Waals surface area contributed by atoms with Crippen LogP contribution in [0, 0.1) is 0 Å². The molecule has 0 amide bonds. The van der Waals surface area contributed by atoms with Gasteiger partial charge in [0.05, 0.1) is 5.88 Å². The van der Waals surface area contributed by atoms with Crippen molar-refractivity contribution in [3.8, 4) is 0 Å². The van der Waals surface area contributed by atoms with Gasteiger partial charge in [-0.25, -0.2) is 4.79 Å². The summed E-state index contributed by atoms with van der Waals surface area (Å²) < 4.78 is 4.51. The number of nitrogens with zero attached hydrogens (tertiary/aromatic N) is 1. The van der Waals surface area contributed by atoms with Gasteiger partial charge < -0.3 is 9.63 Å². The number of carbonyl (C=O) groups is 1. The van der Waals surface area contributed by atoms with E-state index in [1.807, 2.05) is 0 Å². The highest BCUT2D eigenvalue weighted by atomic mass is 35.5. The molecular weight excluding hydrogens is 158 g/mol. The van der Waals surface area contributed by atoms with Gasteiger partial charge in [-0.2, -0.15) is 0 Å². The summed E-state index contributed by atoms with van der Waals surface area (Å²) in [6.07, 6.45) is 0. The van der Waals surface area contributed by atoms with Crippen molar-refractivity contribution in [3.05, 3.63) is 17.5 Å². The molecule has 0 radical (unpaired) electrons. The van der Waals surface area contributed by atoms with Crippen LogP contribution in [0.2, 0.25) is 0 Å². The molecule has 0 aliphatic carbocycles. The minimum Gasteiger partial charge on any atom is -0.476 e. The Balaban J connectivity index is 2.88. The summed E-state index contributed by atoms with van der Waals surface area (Å²) in [6, 6.07) is 1.29. The Bertz CT molecular complexity index is 245. The average Bonchev–Trinajstić information content (AvgIpc) is 2.34. The zero-order chi connectivity index (χ0) is 7.56. The molecule has 0 saturated carbocycles. The van der Waals surface area contributed by atoms with Gasteiger partial charge in [0.15, 0.2) is 11.5 Å². The molecule has 1 N–H and O–H groups in total. The average molecular weight is 162 g/mol. The second-order valence-electron chi connectivity index (χ2n) is 1.62. The fourth-order valence-corrected chi connectivity index (χ4v) is 0.603. The summed E-state index contributed by atoms with van der Waals surface area (Å²) in [4.78, 5) is 10.2. The minimum atomic E-state index is -1.11. The number of rotatable bonds is 2. The number of aromatic nitrogens is 1. The monoisotopic (exact) mass is 161 g/mol. The third-order valence-corrected chi connectivity index (χ3v) is 1.17. The van der Waals surface area contributed by atoms with Crippen LogP contribution in [0.5, 0.6) is 0 Å². The standard InChI is InChI=1S/C5H4ClNO3/c6-2-3-1-4(5(8)9)7-10-3/h1H,2H2,(H,8,9). The maximum atomic E-state index is 10.2. The number of hydrogen-bond donors (Lipinski definition) is 1. The maximum absolute atomic E-state index is 10.2. The molecular formula is C5H4ClNO3. The van der Waals surface area contributed by atoms with Crippen molar-refractivity contribution in [2.24, 2.45) is 0 Å². The smallest absolute Gasteiger partial charge is 0.358 e. The van der Waals surface area contributed by atoms with E-state index >= 15 is 0 Å². The van der Waals surface area contributed by atoms with Gasteiger partial charge in [0, 0.05) is 6.07 Å². The zero-order valence-corrected chi connectivity index (χ0v) is 5.63. The van der Waals surface area contributed by atoms with Crippen molar-refractivity contribution in [3.63, 3.8) is 0 Å². The van der Waals surface area contributed by atoms with E-state index in [9.17, 15) is 4.79 Å². The molecule has 0 aromatic carbocycles. The van der Waals surface area contributed by atoms with E-state index in [2.05, 4.69) is 9.68 Å². The SMILES string of the molecule is O=C(O)c1cc(CCl)on1. The topological polar surface area (TPSA) is 63.3 Å². The predicted molar refractivity (Wildman–Crippen MR) is 33.0 cm³/mol. The van der Waals surface area contributed by atoms with E-state index in [1.54, 1.807) is 0 Å². The van der Waals surface area contributed by atoms with E-state index in [4.69, 9.17) is 16.7 Å². The van der Waals surface area contributed by atoms with Gasteiger partial charge in [0.1, 0.15) is 0 Å². The van der Waals surface area contributed by atoms with Gasteiger partial charge >= 0.3 is 5.97 Å². The minimum absolute atomic E-state index is 0.115. The molecule has 0 atom stereocenters. The van der Waals surface area contributed by atoms with Crippen LogP contribution in [0.4, 0.5) is 0 Å². The van der Waals surface area contributed by atoms with Crippen LogP contribution in [0.1, 0.15) is 16.2 Å². The first-order valence-corrected chi connectivity index (χ1v) is 3.02. The van der Waals surface area contributed by atoms with E-state index in [0.29, 0.717) is 5.76 Å². The van der Waals surface area contributed by atoms with E-state index in [1.165, 1.54) is 6.07 Å². The van der Waals surface area contributed by atoms with Crippen LogP contribution in [-0.4, -0.2) is 16.2 Å². The molecule has 0 aliphatic heterocycles. The Morgan fingerprint density at radius 2 is 2.60 bits per heavy atom. The highest BCUT2D eigenvalue weighted by Gasteiger charge is 2.08. The number of carboxylic acids is 1. The van der Waals surface area contributed by atoms with Crippen molar-refractivity contribution >= 4 is 17.6 Å². The molecule has 0 spiro atoms. The normalized spacial score (nSPS) is 9.70. The summed E-state index contributed by atoms with van der Waals surface area (Å²) >= 11 is 5.32. The summed E-state index contributed by atoms with van der Waals surface area (Å²) in [7, 11) is 0. The van der Waals surface area contributed by atoms with Gasteiger partial charge in [-0.3, -0.25) is 0 Å². The lowest BCUT2D eigenvalue weighted by Gasteiger charge is -1.76. The summed E-state index contributed by atoms with van der Waals surface area (Å²) in [5, 5.41) is 11.6. The Hall–Kier alpha value is -1.03. The Morgan fingerprint density at radius 1 is 1.90 bits per heavy atom. The molecule has 5 heteroatoms. The van der Waals surface area contributed by atoms with Gasteiger partial charge in [-0.05, 0) is 0 Å². The van der Waals surface area contributed by atoms with E-state index in [0.717, 1.165) is 0 Å². The zero-order valence-electron chi connectivity index (χ0n) is 4.87. The highest BCUT2D eigenvalue weighted by molar-refractivity contribution is 6.16. The van der Waals surface area contributed by atoms with Crippen molar-refractivity contribution in [2.75, 3.05) is 0 Å². The van der Waals surface area contributed by atoms with Crippen LogP contribution in [-0.2, 0) is 5.88 Å². The molecule has 54 valence electrons. The first kappa shape index (κ1) is 7.08. The molecule has 0 saturated heterocycles. The second-order valence-corrected chi connectivity index (χ2v) is 1.88. The van der Waals surface area contributed by atoms with Crippen LogP contribution >= 0.6 is 11.6 Å². The third kappa shape index (κ3) is 1.27. The molecule has 0 unspecified atom stereocenters. The summed E-state index contributed by atoms with van der Waals surface area (Å²) in [5.41, 5.74) is -0.115. The van der Waals surface area contributed by atoms with Crippen molar-refractivity contribution in [2.45, 2.75) is 5.88 Å². The van der Waals surface area contributed by atoms with Gasteiger partial charge in [0.25, 0.3) is 0 Å². The molecule has 0 aliphatic rings. The number of aromatic carboxylic acids is 1. The number of hydrogen-bond acceptors (Lipinski definition) is 3. The summed E-state index contributed by atoms with van der Waals surface area (Å²) in [5.74, 6) is -0.612. The fourth-order valence-electron chi connectivity index (χ4n) is 0.477. The van der Waals surface area contributed by atoms with E-state index < -0.39 is 5.97 Å². The lowest BCUT2D eigenvalue weighted by atomic mass is 10.4. The first-order valence-electron chi connectivity index (χ1n) is 2.49. The third-order valence-electron chi connectivity index (χ3n) is 0.910. The Labute approximate surface area is 61.4 Å². The van der Waals surface area contributed by atoms with Crippen molar-refractivity contribution in [1.29, 1.82) is 0 Å². The molecule has 4 nitrogen and oxygen atoms in total. The molecule has 1 rings (SSSR count). The predicted octanol–water partition coefficient (Wildman–Crippen LogP) is 1.11. The Kier molecular flexibility index (Phi) is 1.91. The van der Waals surface area contributed by atoms with Crippen LogP contribution < -0.4 is 0 Å². The molecule has 1 aromatic heterocycles. The van der Waals surface area contributed by atoms with Crippen LogP contribution in [0.15, 0.2) is 10.6 Å². The molecule has 10 heavy (non-hydrogen) atoms. The molecule has 0 fully saturated rings. The largest absolute Gasteiger partial charge is 0.476 e. The molecule has 1 heterocycles. The number of alkyl halides is 1. The summed E-state index contributed by atoms with van der Waals surface area (Å²) in [6.45, 7) is 0. The van der Waals surface area contributed by atoms with Crippen molar-refractivity contribution in [1.82, 2.24) is 5.16 Å². The molecule has 0 bridgehead atoms. The number of halogens is 1. The fraction of sp³-hybridized carbons (Fsp3) is 0.200.